The van der Waals surface area contributed by atoms with E-state index in [1.54, 1.807) is 30.3 Å². The quantitative estimate of drug-likeness (QED) is 0.707. The molecule has 1 N–H and O–H groups in total. The van der Waals surface area contributed by atoms with Gasteiger partial charge in [0.25, 0.3) is 5.91 Å². The number of rotatable bonds is 6. The van der Waals surface area contributed by atoms with E-state index in [9.17, 15) is 14.0 Å². The highest BCUT2D eigenvalue weighted by molar-refractivity contribution is 5.95. The summed E-state index contributed by atoms with van der Waals surface area (Å²) < 4.78 is 23.9. The molecule has 1 saturated carbocycles. The molecule has 2 aromatic rings. The molecule has 7 nitrogen and oxygen atoms in total. The summed E-state index contributed by atoms with van der Waals surface area (Å²) in [5.41, 5.74) is 1.46. The Morgan fingerprint density at radius 3 is 2.41 bits per heavy atom. The van der Waals surface area contributed by atoms with Gasteiger partial charge in [-0.3, -0.25) is 14.5 Å². The van der Waals surface area contributed by atoms with Crippen LogP contribution in [0.15, 0.2) is 42.5 Å². The number of benzene rings is 2. The molecule has 0 radical (unpaired) electrons. The predicted molar refractivity (Wildman–Crippen MR) is 124 cm³/mol. The van der Waals surface area contributed by atoms with Crippen molar-refractivity contribution >= 4 is 11.8 Å². The Hall–Kier alpha value is -3.13. The topological polar surface area (TPSA) is 71.1 Å². The maximum Gasteiger partial charge on any atom is 0.254 e. The number of carbonyl (C=O) groups is 2. The lowest BCUT2D eigenvalue weighted by atomic mass is 9.94. The maximum atomic E-state index is 13.3. The largest absolute Gasteiger partial charge is 0.454 e. The van der Waals surface area contributed by atoms with E-state index in [2.05, 4.69) is 10.2 Å². The summed E-state index contributed by atoms with van der Waals surface area (Å²) in [6.45, 7) is 3.01. The van der Waals surface area contributed by atoms with Gasteiger partial charge >= 0.3 is 0 Å². The second-order valence-electron chi connectivity index (χ2n) is 9.23. The summed E-state index contributed by atoms with van der Waals surface area (Å²) in [5.74, 6) is 1.29. The van der Waals surface area contributed by atoms with E-state index in [0.717, 1.165) is 31.2 Å². The Bertz CT molecular complexity index is 1030. The minimum absolute atomic E-state index is 0.0202. The van der Waals surface area contributed by atoms with E-state index in [1.807, 2.05) is 4.90 Å². The molecule has 2 aromatic carbocycles. The van der Waals surface area contributed by atoms with E-state index in [0.29, 0.717) is 55.7 Å². The van der Waals surface area contributed by atoms with Crippen LogP contribution in [-0.4, -0.2) is 60.6 Å². The lowest BCUT2D eigenvalue weighted by Crippen LogP contribution is -2.57. The molecule has 180 valence electrons. The first-order chi connectivity index (χ1) is 16.6. The second kappa shape index (κ2) is 10.0. The molecule has 2 amide bonds. The van der Waals surface area contributed by atoms with E-state index in [4.69, 9.17) is 9.47 Å². The number of carbonyl (C=O) groups excluding carboxylic acids is 2. The Morgan fingerprint density at radius 1 is 0.971 bits per heavy atom. The third-order valence-electron chi connectivity index (χ3n) is 7.11. The Labute approximate surface area is 198 Å². The minimum Gasteiger partial charge on any atom is -0.454 e. The first-order valence-electron chi connectivity index (χ1n) is 12.0. The molecule has 0 aromatic heterocycles. The van der Waals surface area contributed by atoms with Crippen molar-refractivity contribution in [3.63, 3.8) is 0 Å². The Kier molecular flexibility index (Phi) is 6.67. The van der Waals surface area contributed by atoms with Gasteiger partial charge in [0.15, 0.2) is 11.5 Å². The van der Waals surface area contributed by atoms with Gasteiger partial charge in [0, 0.05) is 38.3 Å². The first kappa shape index (κ1) is 22.7. The van der Waals surface area contributed by atoms with Crippen LogP contribution in [0.25, 0.3) is 0 Å². The number of hydrogen-bond acceptors (Lipinski definition) is 5. The molecular formula is C26H30FN3O4. The van der Waals surface area contributed by atoms with Gasteiger partial charge in [0.05, 0.1) is 6.04 Å². The van der Waals surface area contributed by atoms with Crippen LogP contribution in [0.5, 0.6) is 11.5 Å². The van der Waals surface area contributed by atoms with Crippen LogP contribution >= 0.6 is 0 Å². The Balaban J connectivity index is 1.21. The van der Waals surface area contributed by atoms with Gasteiger partial charge in [-0.05, 0) is 54.7 Å². The maximum absolute atomic E-state index is 13.3. The van der Waals surface area contributed by atoms with Gasteiger partial charge in [0.2, 0.25) is 12.7 Å². The van der Waals surface area contributed by atoms with E-state index in [-0.39, 0.29) is 30.5 Å². The van der Waals surface area contributed by atoms with E-state index >= 15 is 0 Å². The normalized spacial score (nSPS) is 19.3. The van der Waals surface area contributed by atoms with Crippen LogP contribution < -0.4 is 14.8 Å². The summed E-state index contributed by atoms with van der Waals surface area (Å²) in [6.07, 6.45) is 4.39. The van der Waals surface area contributed by atoms with Crippen molar-refractivity contribution in [2.24, 2.45) is 5.92 Å². The molecule has 0 spiro atoms. The van der Waals surface area contributed by atoms with Crippen LogP contribution in [0.1, 0.15) is 41.6 Å². The summed E-state index contributed by atoms with van der Waals surface area (Å²) >= 11 is 0. The van der Waals surface area contributed by atoms with Gasteiger partial charge in [-0.25, -0.2) is 4.39 Å². The smallest absolute Gasteiger partial charge is 0.254 e. The number of hydrogen-bond donors (Lipinski definition) is 1. The Morgan fingerprint density at radius 2 is 1.68 bits per heavy atom. The number of piperazine rings is 1. The molecule has 8 heteroatoms. The van der Waals surface area contributed by atoms with Crippen molar-refractivity contribution in [2.45, 2.75) is 38.3 Å². The van der Waals surface area contributed by atoms with E-state index in [1.165, 1.54) is 12.1 Å². The minimum atomic E-state index is -0.285. The average molecular weight is 468 g/mol. The molecule has 1 atom stereocenters. The van der Waals surface area contributed by atoms with Crippen LogP contribution in [0, 0.1) is 11.7 Å². The van der Waals surface area contributed by atoms with Gasteiger partial charge in [-0.15, -0.1) is 0 Å². The molecule has 1 unspecified atom stereocenters. The van der Waals surface area contributed by atoms with Gasteiger partial charge in [-0.2, -0.15) is 0 Å². The summed E-state index contributed by atoms with van der Waals surface area (Å²) in [5, 5.41) is 3.07. The molecule has 0 bridgehead atoms. The zero-order valence-corrected chi connectivity index (χ0v) is 19.2. The highest BCUT2D eigenvalue weighted by atomic mass is 19.1. The van der Waals surface area contributed by atoms with Crippen LogP contribution in [-0.2, 0) is 11.3 Å². The highest BCUT2D eigenvalue weighted by Crippen LogP contribution is 2.33. The molecule has 2 aliphatic heterocycles. The van der Waals surface area contributed by atoms with Crippen molar-refractivity contribution in [3.8, 4) is 11.5 Å². The fraction of sp³-hybridized carbons (Fsp3) is 0.462. The van der Waals surface area contributed by atoms with Gasteiger partial charge < -0.3 is 19.7 Å². The van der Waals surface area contributed by atoms with Gasteiger partial charge in [-0.1, -0.05) is 25.0 Å². The second-order valence-corrected chi connectivity index (χ2v) is 9.23. The van der Waals surface area contributed by atoms with Crippen LogP contribution in [0.3, 0.4) is 0 Å². The van der Waals surface area contributed by atoms with Crippen molar-refractivity contribution in [2.75, 3.05) is 33.0 Å². The predicted octanol–water partition coefficient (Wildman–Crippen LogP) is 3.19. The third kappa shape index (κ3) is 4.87. The fourth-order valence-electron chi connectivity index (χ4n) is 5.26. The van der Waals surface area contributed by atoms with E-state index < -0.39 is 0 Å². The standard InChI is InChI=1S/C26H30FN3O4/c27-21-8-5-18(6-9-21)16-28-25(31)24(19-3-1-2-4-19)29-11-13-30(14-12-29)26(32)20-7-10-22-23(15-20)34-17-33-22/h5-10,15,19,24H,1-4,11-14,16-17H2,(H,28,31). The number of halogens is 1. The molecule has 34 heavy (non-hydrogen) atoms. The lowest BCUT2D eigenvalue weighted by Gasteiger charge is -2.40. The number of ether oxygens (including phenoxy) is 2. The molecule has 5 rings (SSSR count). The van der Waals surface area contributed by atoms with Crippen molar-refractivity contribution in [1.82, 2.24) is 15.1 Å². The SMILES string of the molecule is O=C(NCc1ccc(F)cc1)C(C1CCCC1)N1CCN(C(=O)c2ccc3c(c2)OCO3)CC1. The summed E-state index contributed by atoms with van der Waals surface area (Å²) in [4.78, 5) is 30.4. The fourth-order valence-corrected chi connectivity index (χ4v) is 5.26. The number of nitrogens with zero attached hydrogens (tertiary/aromatic N) is 2. The van der Waals surface area contributed by atoms with Crippen molar-refractivity contribution in [3.05, 3.63) is 59.4 Å². The zero-order chi connectivity index (χ0) is 23.5. The van der Waals surface area contributed by atoms with Crippen molar-refractivity contribution in [1.29, 1.82) is 0 Å². The van der Waals surface area contributed by atoms with Crippen LogP contribution in [0.2, 0.25) is 0 Å². The molecule has 1 saturated heterocycles. The van der Waals surface area contributed by atoms with Crippen molar-refractivity contribution < 1.29 is 23.5 Å². The van der Waals surface area contributed by atoms with Crippen LogP contribution in [0.4, 0.5) is 4.39 Å². The number of nitrogens with one attached hydrogen (secondary N) is 1. The first-order valence-corrected chi connectivity index (χ1v) is 12.0. The molecule has 3 aliphatic rings. The third-order valence-corrected chi connectivity index (χ3v) is 7.11. The molecule has 2 heterocycles. The number of amides is 2. The average Bonchev–Trinajstić information content (AvgIpc) is 3.56. The monoisotopic (exact) mass is 467 g/mol. The lowest BCUT2D eigenvalue weighted by molar-refractivity contribution is -0.129. The van der Waals surface area contributed by atoms with Gasteiger partial charge in [0.1, 0.15) is 5.82 Å². The molecular weight excluding hydrogens is 437 g/mol. The molecule has 2 fully saturated rings. The highest BCUT2D eigenvalue weighted by Gasteiger charge is 2.37. The summed E-state index contributed by atoms with van der Waals surface area (Å²) in [6, 6.07) is 11.3. The number of fused-ring (bicyclic) bond motifs is 1. The zero-order valence-electron chi connectivity index (χ0n) is 19.2. The molecule has 1 aliphatic carbocycles. The summed E-state index contributed by atoms with van der Waals surface area (Å²) in [7, 11) is 0.